The fourth-order valence-electron chi connectivity index (χ4n) is 3.32. The zero-order valence-corrected chi connectivity index (χ0v) is 15.2. The lowest BCUT2D eigenvalue weighted by atomic mass is 10.2. The standard InChI is InChI=1S/C18H8N6O.HI/c25-18-16-15(19-5-6-20-16)17-23-13-7-11-12(8-14(13)24(17)18)22-10-4-2-1-3-9(10)21-11;/h1-8H;1H/p-1. The fourth-order valence-corrected chi connectivity index (χ4v) is 3.32. The number of hydrogen-bond acceptors (Lipinski definition) is 6. The lowest BCUT2D eigenvalue weighted by Crippen LogP contribution is -3.00. The van der Waals surface area contributed by atoms with Crippen molar-refractivity contribution in [2.75, 3.05) is 0 Å². The van der Waals surface area contributed by atoms with E-state index in [-0.39, 0.29) is 29.9 Å². The highest BCUT2D eigenvalue weighted by atomic mass is 127. The highest BCUT2D eigenvalue weighted by Crippen LogP contribution is 2.33. The van der Waals surface area contributed by atoms with E-state index in [9.17, 15) is 4.79 Å². The minimum Gasteiger partial charge on any atom is -1.00 e. The highest BCUT2D eigenvalue weighted by Gasteiger charge is 2.32. The molecule has 3 aromatic heterocycles. The summed E-state index contributed by atoms with van der Waals surface area (Å²) < 4.78 is 1.55. The van der Waals surface area contributed by atoms with Crippen LogP contribution in [-0.4, -0.2) is 35.4 Å². The molecule has 4 heterocycles. The van der Waals surface area contributed by atoms with Gasteiger partial charge in [0.1, 0.15) is 5.69 Å². The summed E-state index contributed by atoms with van der Waals surface area (Å²) in [6.45, 7) is 0. The second kappa shape index (κ2) is 5.24. The predicted octanol–water partition coefficient (Wildman–Crippen LogP) is -0.404. The molecule has 0 atom stereocenters. The summed E-state index contributed by atoms with van der Waals surface area (Å²) in [5, 5.41) is 0. The summed E-state index contributed by atoms with van der Waals surface area (Å²) in [5.41, 5.74) is 5.33. The number of aromatic nitrogens is 6. The average Bonchev–Trinajstić information content (AvgIpc) is 3.14. The Morgan fingerprint density at radius 3 is 2.12 bits per heavy atom. The van der Waals surface area contributed by atoms with Gasteiger partial charge in [-0.15, -0.1) is 0 Å². The Labute approximate surface area is 163 Å². The van der Waals surface area contributed by atoms with Gasteiger partial charge in [0.05, 0.1) is 33.1 Å². The molecule has 0 saturated heterocycles. The number of imidazole rings is 1. The van der Waals surface area contributed by atoms with Crippen LogP contribution >= 0.6 is 0 Å². The summed E-state index contributed by atoms with van der Waals surface area (Å²) in [6.07, 6.45) is 3.08. The van der Waals surface area contributed by atoms with E-state index in [1.165, 1.54) is 6.20 Å². The summed E-state index contributed by atoms with van der Waals surface area (Å²) >= 11 is 0. The van der Waals surface area contributed by atoms with Crippen LogP contribution in [0.15, 0.2) is 48.8 Å². The third kappa shape index (κ3) is 1.87. The Morgan fingerprint density at radius 1 is 0.731 bits per heavy atom. The van der Waals surface area contributed by atoms with Gasteiger partial charge in [-0.2, -0.15) is 0 Å². The first kappa shape index (κ1) is 15.3. The Balaban J connectivity index is 0.00000150. The lowest BCUT2D eigenvalue weighted by molar-refractivity contribution is -0.0000133. The van der Waals surface area contributed by atoms with Gasteiger partial charge in [-0.25, -0.2) is 24.9 Å². The maximum Gasteiger partial charge on any atom is 0.285 e. The van der Waals surface area contributed by atoms with Gasteiger partial charge < -0.3 is 24.0 Å². The normalized spacial score (nSPS) is 12.4. The van der Waals surface area contributed by atoms with Gasteiger partial charge in [0.2, 0.25) is 0 Å². The maximum absolute atomic E-state index is 12.7. The van der Waals surface area contributed by atoms with E-state index in [0.29, 0.717) is 28.2 Å². The molecule has 0 bridgehead atoms. The molecule has 0 N–H and O–H groups in total. The molecule has 26 heavy (non-hydrogen) atoms. The molecule has 0 fully saturated rings. The third-order valence-corrected chi connectivity index (χ3v) is 4.43. The number of para-hydroxylation sites is 2. The molecular formula is C18H8IN6O-. The molecular weight excluding hydrogens is 443 g/mol. The minimum atomic E-state index is -0.214. The van der Waals surface area contributed by atoms with Gasteiger partial charge in [0, 0.05) is 12.4 Å². The van der Waals surface area contributed by atoms with E-state index in [1.807, 2.05) is 36.4 Å². The van der Waals surface area contributed by atoms with E-state index in [4.69, 9.17) is 0 Å². The number of rotatable bonds is 0. The first-order chi connectivity index (χ1) is 12.3. The Hall–Kier alpha value is -3.01. The van der Waals surface area contributed by atoms with Gasteiger partial charge in [0.15, 0.2) is 11.5 Å². The van der Waals surface area contributed by atoms with Crippen LogP contribution in [-0.2, 0) is 0 Å². The first-order valence-electron chi connectivity index (χ1n) is 7.75. The second-order valence-corrected chi connectivity index (χ2v) is 5.87. The molecule has 1 aliphatic heterocycles. The van der Waals surface area contributed by atoms with Crippen LogP contribution in [0.2, 0.25) is 0 Å². The summed E-state index contributed by atoms with van der Waals surface area (Å²) in [6, 6.07) is 11.4. The zero-order chi connectivity index (χ0) is 16.5. The molecule has 0 unspecified atom stereocenters. The first-order valence-corrected chi connectivity index (χ1v) is 7.75. The molecule has 6 rings (SSSR count). The SMILES string of the molecule is O=C1c2nccnc2-c2nc3cc4nc5ccccc5nc4cc3n21.[I-]. The van der Waals surface area contributed by atoms with Crippen molar-refractivity contribution in [3.05, 3.63) is 54.5 Å². The average molecular weight is 451 g/mol. The molecule has 2 aromatic carbocycles. The lowest BCUT2D eigenvalue weighted by Gasteiger charge is -2.02. The van der Waals surface area contributed by atoms with Crippen molar-refractivity contribution in [2.24, 2.45) is 0 Å². The molecule has 1 aliphatic rings. The monoisotopic (exact) mass is 451 g/mol. The van der Waals surface area contributed by atoms with Gasteiger partial charge >= 0.3 is 0 Å². The number of hydrogen-bond donors (Lipinski definition) is 0. The molecule has 0 spiro atoms. The van der Waals surface area contributed by atoms with E-state index in [1.54, 1.807) is 10.8 Å². The van der Waals surface area contributed by atoms with Gasteiger partial charge in [-0.3, -0.25) is 9.36 Å². The van der Waals surface area contributed by atoms with Crippen LogP contribution < -0.4 is 24.0 Å². The van der Waals surface area contributed by atoms with Crippen LogP contribution in [0.1, 0.15) is 10.5 Å². The number of carbonyl (C=O) groups excluding carboxylic acids is 1. The van der Waals surface area contributed by atoms with Crippen LogP contribution in [0.4, 0.5) is 0 Å². The van der Waals surface area contributed by atoms with Crippen molar-refractivity contribution in [2.45, 2.75) is 0 Å². The quantitative estimate of drug-likeness (QED) is 0.231. The number of fused-ring (bicyclic) bond motifs is 7. The van der Waals surface area contributed by atoms with Crippen molar-refractivity contribution in [1.29, 1.82) is 0 Å². The Bertz CT molecular complexity index is 1380. The molecule has 7 nitrogen and oxygen atoms in total. The zero-order valence-electron chi connectivity index (χ0n) is 13.1. The van der Waals surface area contributed by atoms with Crippen molar-refractivity contribution in [1.82, 2.24) is 29.5 Å². The molecule has 0 amide bonds. The van der Waals surface area contributed by atoms with E-state index < -0.39 is 0 Å². The topological polar surface area (TPSA) is 86.4 Å². The number of halogens is 1. The molecule has 8 heteroatoms. The van der Waals surface area contributed by atoms with Gasteiger partial charge in [-0.05, 0) is 24.3 Å². The second-order valence-electron chi connectivity index (χ2n) is 5.87. The van der Waals surface area contributed by atoms with Crippen molar-refractivity contribution < 1.29 is 28.8 Å². The van der Waals surface area contributed by atoms with Crippen molar-refractivity contribution in [3.63, 3.8) is 0 Å². The summed E-state index contributed by atoms with van der Waals surface area (Å²) in [5.74, 6) is 0.302. The van der Waals surface area contributed by atoms with Gasteiger partial charge in [-0.1, -0.05) is 12.1 Å². The summed E-state index contributed by atoms with van der Waals surface area (Å²) in [7, 11) is 0. The Kier molecular flexibility index (Phi) is 3.08. The van der Waals surface area contributed by atoms with Crippen LogP contribution in [0.25, 0.3) is 44.6 Å². The van der Waals surface area contributed by atoms with E-state index in [0.717, 1.165) is 22.1 Å². The smallest absolute Gasteiger partial charge is 0.285 e. The summed E-state index contributed by atoms with van der Waals surface area (Å²) in [4.78, 5) is 35.0. The van der Waals surface area contributed by atoms with Gasteiger partial charge in [0.25, 0.3) is 5.91 Å². The third-order valence-electron chi connectivity index (χ3n) is 4.43. The largest absolute Gasteiger partial charge is 1.00 e. The van der Waals surface area contributed by atoms with Crippen molar-refractivity contribution >= 4 is 39.0 Å². The predicted molar refractivity (Wildman–Crippen MR) is 91.1 cm³/mol. The fraction of sp³-hybridized carbons (Fsp3) is 0. The minimum absolute atomic E-state index is 0. The van der Waals surface area contributed by atoms with Crippen molar-refractivity contribution in [3.8, 4) is 11.5 Å². The maximum atomic E-state index is 12.7. The van der Waals surface area contributed by atoms with Crippen LogP contribution in [0, 0.1) is 0 Å². The van der Waals surface area contributed by atoms with E-state index >= 15 is 0 Å². The molecule has 124 valence electrons. The van der Waals surface area contributed by atoms with E-state index in [2.05, 4.69) is 24.9 Å². The number of benzene rings is 2. The number of nitrogens with zero attached hydrogens (tertiary/aromatic N) is 6. The Morgan fingerprint density at radius 2 is 1.38 bits per heavy atom. The number of carbonyl (C=O) groups is 1. The van der Waals surface area contributed by atoms with Crippen LogP contribution in [0.5, 0.6) is 0 Å². The van der Waals surface area contributed by atoms with Crippen LogP contribution in [0.3, 0.4) is 0 Å². The molecule has 0 aliphatic carbocycles. The molecule has 0 saturated carbocycles. The highest BCUT2D eigenvalue weighted by molar-refractivity contribution is 6.11. The molecule has 0 radical (unpaired) electrons. The molecule has 5 aromatic rings.